The molecule has 1 atom stereocenters. The van der Waals surface area contributed by atoms with Crippen molar-refractivity contribution in [3.63, 3.8) is 0 Å². The smallest absolute Gasteiger partial charge is 0.248 e. The van der Waals surface area contributed by atoms with Gasteiger partial charge in [0.05, 0.1) is 0 Å². The normalized spacial score (nSPS) is 20.4. The summed E-state index contributed by atoms with van der Waals surface area (Å²) in [6, 6.07) is 7.39. The van der Waals surface area contributed by atoms with Crippen LogP contribution in [0.1, 0.15) is 25.5 Å². The van der Waals surface area contributed by atoms with E-state index in [0.717, 1.165) is 11.3 Å². The van der Waals surface area contributed by atoms with Gasteiger partial charge in [-0.05, 0) is 19.9 Å². The topological polar surface area (TPSA) is 46.3 Å². The molecule has 1 heterocycles. The van der Waals surface area contributed by atoms with Gasteiger partial charge in [0.1, 0.15) is 6.04 Å². The third kappa shape index (κ3) is 1.13. The highest BCUT2D eigenvalue weighted by atomic mass is 16.2. The molecule has 1 aliphatic heterocycles. The fraction of sp³-hybridized carbons (Fsp3) is 0.364. The monoisotopic (exact) mass is 190 g/mol. The van der Waals surface area contributed by atoms with Crippen LogP contribution in [0.25, 0.3) is 0 Å². The molecule has 0 saturated carbocycles. The predicted molar refractivity (Wildman–Crippen MR) is 56.0 cm³/mol. The van der Waals surface area contributed by atoms with E-state index in [1.807, 2.05) is 38.1 Å². The molecule has 1 amide bonds. The highest BCUT2D eigenvalue weighted by Crippen LogP contribution is 2.35. The molecule has 14 heavy (non-hydrogen) atoms. The Bertz CT molecular complexity index is 373. The van der Waals surface area contributed by atoms with Crippen molar-refractivity contribution in [1.82, 2.24) is 0 Å². The summed E-state index contributed by atoms with van der Waals surface area (Å²) in [6.07, 6.45) is 0. The zero-order chi connectivity index (χ0) is 10.3. The Morgan fingerprint density at radius 1 is 1.36 bits per heavy atom. The number of carbonyl (C=O) groups is 1. The third-order valence-corrected chi connectivity index (χ3v) is 2.55. The number of hydrogen-bond donors (Lipinski definition) is 1. The molecule has 0 unspecified atom stereocenters. The molecule has 1 aromatic carbocycles. The van der Waals surface area contributed by atoms with Crippen LogP contribution in [-0.2, 0) is 4.79 Å². The van der Waals surface area contributed by atoms with Crippen LogP contribution in [0.3, 0.4) is 0 Å². The molecular weight excluding hydrogens is 176 g/mol. The molecule has 1 aromatic rings. The van der Waals surface area contributed by atoms with Gasteiger partial charge in [0.2, 0.25) is 5.91 Å². The Kier molecular flexibility index (Phi) is 2.04. The number of nitrogens with two attached hydrogens (primary N) is 1. The zero-order valence-corrected chi connectivity index (χ0v) is 8.40. The molecule has 2 rings (SSSR count). The summed E-state index contributed by atoms with van der Waals surface area (Å²) in [6.45, 7) is 3.99. The standard InChI is InChI=1S/C11H14N2O/c1-7(2)13-9-6-4-3-5-8(9)10(12)11(13)14/h3-7,10H,12H2,1-2H3/t10-/m0/s1. The lowest BCUT2D eigenvalue weighted by molar-refractivity contribution is -0.119. The number of amides is 1. The van der Waals surface area contributed by atoms with E-state index < -0.39 is 6.04 Å². The Morgan fingerprint density at radius 2 is 2.00 bits per heavy atom. The Balaban J connectivity index is 2.53. The highest BCUT2D eigenvalue weighted by molar-refractivity contribution is 6.04. The van der Waals surface area contributed by atoms with E-state index in [4.69, 9.17) is 5.73 Å². The van der Waals surface area contributed by atoms with Crippen LogP contribution in [0.4, 0.5) is 5.69 Å². The van der Waals surface area contributed by atoms with Crippen molar-refractivity contribution in [1.29, 1.82) is 0 Å². The predicted octanol–water partition coefficient (Wildman–Crippen LogP) is 1.44. The third-order valence-electron chi connectivity index (χ3n) is 2.55. The molecule has 0 fully saturated rings. The first-order chi connectivity index (χ1) is 6.63. The van der Waals surface area contributed by atoms with E-state index >= 15 is 0 Å². The maximum Gasteiger partial charge on any atom is 0.248 e. The van der Waals surface area contributed by atoms with Gasteiger partial charge in [0.15, 0.2) is 0 Å². The Morgan fingerprint density at radius 3 is 2.64 bits per heavy atom. The van der Waals surface area contributed by atoms with Gasteiger partial charge in [-0.1, -0.05) is 18.2 Å². The quantitative estimate of drug-likeness (QED) is 0.728. The number of para-hydroxylation sites is 1. The molecule has 1 aliphatic rings. The number of benzene rings is 1. The van der Waals surface area contributed by atoms with Crippen molar-refractivity contribution in [3.05, 3.63) is 29.8 Å². The molecule has 0 bridgehead atoms. The minimum Gasteiger partial charge on any atom is -0.316 e. The van der Waals surface area contributed by atoms with Crippen molar-refractivity contribution >= 4 is 11.6 Å². The van der Waals surface area contributed by atoms with Gasteiger partial charge in [-0.25, -0.2) is 0 Å². The average molecular weight is 190 g/mol. The fourth-order valence-corrected chi connectivity index (χ4v) is 1.90. The fourth-order valence-electron chi connectivity index (χ4n) is 1.90. The maximum absolute atomic E-state index is 11.8. The molecule has 0 spiro atoms. The zero-order valence-electron chi connectivity index (χ0n) is 8.40. The van der Waals surface area contributed by atoms with Crippen LogP contribution in [0.2, 0.25) is 0 Å². The van der Waals surface area contributed by atoms with Gasteiger partial charge in [-0.15, -0.1) is 0 Å². The summed E-state index contributed by atoms with van der Waals surface area (Å²) in [5.74, 6) is 0.00111. The number of fused-ring (bicyclic) bond motifs is 1. The molecule has 2 N–H and O–H groups in total. The lowest BCUT2D eigenvalue weighted by Gasteiger charge is -2.21. The van der Waals surface area contributed by atoms with E-state index in [2.05, 4.69) is 0 Å². The first kappa shape index (κ1) is 9.21. The molecule has 0 aliphatic carbocycles. The van der Waals surface area contributed by atoms with E-state index in [0.29, 0.717) is 0 Å². The van der Waals surface area contributed by atoms with Gasteiger partial charge in [0.25, 0.3) is 0 Å². The largest absolute Gasteiger partial charge is 0.316 e. The Labute approximate surface area is 83.5 Å². The summed E-state index contributed by atoms with van der Waals surface area (Å²) >= 11 is 0. The van der Waals surface area contributed by atoms with Gasteiger partial charge < -0.3 is 10.6 Å². The molecule has 3 heteroatoms. The average Bonchev–Trinajstić information content (AvgIpc) is 2.41. The van der Waals surface area contributed by atoms with Crippen molar-refractivity contribution in [2.75, 3.05) is 4.90 Å². The highest BCUT2D eigenvalue weighted by Gasteiger charge is 2.35. The summed E-state index contributed by atoms with van der Waals surface area (Å²) in [5, 5.41) is 0. The molecule has 3 nitrogen and oxygen atoms in total. The molecule has 0 radical (unpaired) electrons. The number of rotatable bonds is 1. The first-order valence-corrected chi connectivity index (χ1v) is 4.80. The summed E-state index contributed by atoms with van der Waals surface area (Å²) in [7, 11) is 0. The summed E-state index contributed by atoms with van der Waals surface area (Å²) < 4.78 is 0. The molecule has 0 aromatic heterocycles. The first-order valence-electron chi connectivity index (χ1n) is 4.80. The molecule has 0 saturated heterocycles. The molecular formula is C11H14N2O. The SMILES string of the molecule is CC(C)N1C(=O)[C@@H](N)c2ccccc21. The van der Waals surface area contributed by atoms with Crippen molar-refractivity contribution < 1.29 is 4.79 Å². The number of hydrogen-bond acceptors (Lipinski definition) is 2. The minimum absolute atomic E-state index is 0.00111. The van der Waals surface area contributed by atoms with Crippen LogP contribution in [0.5, 0.6) is 0 Å². The van der Waals surface area contributed by atoms with Crippen molar-refractivity contribution in [2.45, 2.75) is 25.9 Å². The summed E-state index contributed by atoms with van der Waals surface area (Å²) in [4.78, 5) is 13.6. The van der Waals surface area contributed by atoms with Gasteiger partial charge in [-0.2, -0.15) is 0 Å². The second-order valence-corrected chi connectivity index (χ2v) is 3.84. The van der Waals surface area contributed by atoms with E-state index in [1.54, 1.807) is 4.90 Å². The van der Waals surface area contributed by atoms with E-state index in [-0.39, 0.29) is 11.9 Å². The van der Waals surface area contributed by atoms with Crippen LogP contribution >= 0.6 is 0 Å². The van der Waals surface area contributed by atoms with Crippen LogP contribution in [-0.4, -0.2) is 11.9 Å². The van der Waals surface area contributed by atoms with E-state index in [9.17, 15) is 4.79 Å². The number of nitrogens with zero attached hydrogens (tertiary/aromatic N) is 1. The second-order valence-electron chi connectivity index (χ2n) is 3.84. The van der Waals surface area contributed by atoms with Crippen molar-refractivity contribution in [3.8, 4) is 0 Å². The lowest BCUT2D eigenvalue weighted by Crippen LogP contribution is -2.36. The minimum atomic E-state index is -0.478. The maximum atomic E-state index is 11.8. The molecule has 74 valence electrons. The van der Waals surface area contributed by atoms with Gasteiger partial charge in [0, 0.05) is 17.3 Å². The van der Waals surface area contributed by atoms with Crippen LogP contribution < -0.4 is 10.6 Å². The van der Waals surface area contributed by atoms with Crippen molar-refractivity contribution in [2.24, 2.45) is 5.73 Å². The number of carbonyl (C=O) groups excluding carboxylic acids is 1. The van der Waals surface area contributed by atoms with Gasteiger partial charge >= 0.3 is 0 Å². The van der Waals surface area contributed by atoms with Crippen LogP contribution in [0, 0.1) is 0 Å². The number of anilines is 1. The summed E-state index contributed by atoms with van der Waals surface area (Å²) in [5.41, 5.74) is 7.72. The van der Waals surface area contributed by atoms with Gasteiger partial charge in [-0.3, -0.25) is 4.79 Å². The second kappa shape index (κ2) is 3.10. The van der Waals surface area contributed by atoms with Crippen LogP contribution in [0.15, 0.2) is 24.3 Å². The Hall–Kier alpha value is -1.35. The van der Waals surface area contributed by atoms with E-state index in [1.165, 1.54) is 0 Å². The lowest BCUT2D eigenvalue weighted by atomic mass is 10.1.